The Morgan fingerprint density at radius 1 is 1.04 bits per heavy atom. The second-order valence-corrected chi connectivity index (χ2v) is 5.59. The van der Waals surface area contributed by atoms with Gasteiger partial charge in [-0.3, -0.25) is 0 Å². The summed E-state index contributed by atoms with van der Waals surface area (Å²) in [5, 5.41) is 17.9. The SMILES string of the molecule is Cn1c(-c2ccc(F)cc2)cnc1NCc1ccccc1F.O=C(O)C(=O)O. The minimum absolute atomic E-state index is 0.247. The Kier molecular flexibility index (Phi) is 6.80. The first-order valence-corrected chi connectivity index (χ1v) is 8.00. The lowest BCUT2D eigenvalue weighted by Crippen LogP contribution is -2.09. The van der Waals surface area contributed by atoms with E-state index in [9.17, 15) is 8.78 Å². The molecular weight excluding hydrogens is 372 g/mol. The second kappa shape index (κ2) is 9.26. The molecule has 0 atom stereocenters. The van der Waals surface area contributed by atoms with E-state index in [0.29, 0.717) is 18.1 Å². The maximum absolute atomic E-state index is 13.6. The molecule has 0 aliphatic carbocycles. The number of nitrogens with one attached hydrogen (secondary N) is 1. The minimum atomic E-state index is -1.82. The number of nitrogens with zero attached hydrogens (tertiary/aromatic N) is 2. The van der Waals surface area contributed by atoms with Gasteiger partial charge in [0.05, 0.1) is 11.9 Å². The van der Waals surface area contributed by atoms with Crippen molar-refractivity contribution in [1.82, 2.24) is 9.55 Å². The molecule has 0 amide bonds. The number of carbonyl (C=O) groups is 2. The van der Waals surface area contributed by atoms with Gasteiger partial charge in [0.25, 0.3) is 0 Å². The molecule has 3 rings (SSSR count). The summed E-state index contributed by atoms with van der Waals surface area (Å²) in [5.41, 5.74) is 2.31. The van der Waals surface area contributed by atoms with Crippen LogP contribution in [-0.2, 0) is 23.2 Å². The third-order valence-corrected chi connectivity index (χ3v) is 3.71. The summed E-state index contributed by atoms with van der Waals surface area (Å²) in [6.07, 6.45) is 1.71. The number of hydrogen-bond acceptors (Lipinski definition) is 4. The van der Waals surface area contributed by atoms with Gasteiger partial charge in [0, 0.05) is 24.7 Å². The van der Waals surface area contributed by atoms with Crippen molar-refractivity contribution in [3.63, 3.8) is 0 Å². The zero-order valence-corrected chi connectivity index (χ0v) is 14.8. The zero-order valence-electron chi connectivity index (χ0n) is 14.8. The van der Waals surface area contributed by atoms with Crippen LogP contribution < -0.4 is 5.32 Å². The highest BCUT2D eigenvalue weighted by Gasteiger charge is 2.09. The summed E-state index contributed by atoms with van der Waals surface area (Å²) < 4.78 is 28.4. The Bertz CT molecular complexity index is 960. The number of imidazole rings is 1. The monoisotopic (exact) mass is 389 g/mol. The van der Waals surface area contributed by atoms with Crippen LogP contribution >= 0.6 is 0 Å². The van der Waals surface area contributed by atoms with Gasteiger partial charge in [-0.25, -0.2) is 23.4 Å². The van der Waals surface area contributed by atoms with E-state index in [1.54, 1.807) is 36.5 Å². The molecule has 9 heteroatoms. The average Bonchev–Trinajstić information content (AvgIpc) is 3.03. The lowest BCUT2D eigenvalue weighted by molar-refractivity contribution is -0.159. The fourth-order valence-electron chi connectivity index (χ4n) is 2.28. The van der Waals surface area contributed by atoms with Gasteiger partial charge < -0.3 is 20.1 Å². The molecule has 3 N–H and O–H groups in total. The predicted molar refractivity (Wildman–Crippen MR) is 97.6 cm³/mol. The van der Waals surface area contributed by atoms with Crippen LogP contribution in [0, 0.1) is 11.6 Å². The first-order valence-electron chi connectivity index (χ1n) is 8.00. The van der Waals surface area contributed by atoms with Crippen LogP contribution in [0.1, 0.15) is 5.56 Å². The first kappa shape index (κ1) is 20.6. The van der Waals surface area contributed by atoms with Crippen LogP contribution in [0.3, 0.4) is 0 Å². The predicted octanol–water partition coefficient (Wildman–Crippen LogP) is 3.13. The Morgan fingerprint density at radius 3 is 2.21 bits per heavy atom. The lowest BCUT2D eigenvalue weighted by atomic mass is 10.2. The largest absolute Gasteiger partial charge is 0.473 e. The number of rotatable bonds is 4. The summed E-state index contributed by atoms with van der Waals surface area (Å²) >= 11 is 0. The molecule has 0 aliphatic heterocycles. The minimum Gasteiger partial charge on any atom is -0.473 e. The average molecular weight is 389 g/mol. The van der Waals surface area contributed by atoms with Gasteiger partial charge in [0.15, 0.2) is 0 Å². The number of anilines is 1. The zero-order chi connectivity index (χ0) is 20.7. The highest BCUT2D eigenvalue weighted by molar-refractivity contribution is 6.27. The highest BCUT2D eigenvalue weighted by Crippen LogP contribution is 2.22. The molecule has 0 radical (unpaired) electrons. The number of aliphatic carboxylic acids is 2. The van der Waals surface area contributed by atoms with Crippen molar-refractivity contribution in [3.05, 3.63) is 71.9 Å². The van der Waals surface area contributed by atoms with Crippen molar-refractivity contribution in [2.24, 2.45) is 7.05 Å². The number of hydrogen-bond donors (Lipinski definition) is 3. The van der Waals surface area contributed by atoms with Gasteiger partial charge in [-0.05, 0) is 30.3 Å². The van der Waals surface area contributed by atoms with Crippen LogP contribution in [0.25, 0.3) is 11.3 Å². The molecule has 0 fully saturated rings. The summed E-state index contributed by atoms with van der Waals surface area (Å²) in [7, 11) is 1.86. The van der Waals surface area contributed by atoms with Gasteiger partial charge in [0.2, 0.25) is 5.95 Å². The maximum Gasteiger partial charge on any atom is 0.414 e. The molecule has 0 saturated carbocycles. The molecule has 146 valence electrons. The van der Waals surface area contributed by atoms with Crippen molar-refractivity contribution < 1.29 is 28.6 Å². The lowest BCUT2D eigenvalue weighted by Gasteiger charge is -2.09. The van der Waals surface area contributed by atoms with E-state index in [-0.39, 0.29) is 11.6 Å². The third kappa shape index (κ3) is 5.37. The number of carboxylic acid groups (broad SMARTS) is 2. The quantitative estimate of drug-likeness (QED) is 0.592. The first-order chi connectivity index (χ1) is 13.3. The molecule has 0 bridgehead atoms. The summed E-state index contributed by atoms with van der Waals surface area (Å²) in [6.45, 7) is 0.348. The summed E-state index contributed by atoms with van der Waals surface area (Å²) in [5.74, 6) is -3.54. The van der Waals surface area contributed by atoms with Crippen molar-refractivity contribution in [1.29, 1.82) is 0 Å². The fraction of sp³-hybridized carbons (Fsp3) is 0.105. The Balaban J connectivity index is 0.000000409. The van der Waals surface area contributed by atoms with Gasteiger partial charge in [-0.2, -0.15) is 0 Å². The Labute approximate surface area is 158 Å². The Hall–Kier alpha value is -3.75. The molecule has 2 aromatic carbocycles. The molecule has 0 spiro atoms. The summed E-state index contributed by atoms with van der Waals surface area (Å²) in [4.78, 5) is 22.5. The van der Waals surface area contributed by atoms with E-state index in [2.05, 4.69) is 10.3 Å². The molecule has 0 saturated heterocycles. The van der Waals surface area contributed by atoms with Gasteiger partial charge in [-0.15, -0.1) is 0 Å². The van der Waals surface area contributed by atoms with Crippen LogP contribution in [0.2, 0.25) is 0 Å². The smallest absolute Gasteiger partial charge is 0.414 e. The number of benzene rings is 2. The highest BCUT2D eigenvalue weighted by atomic mass is 19.1. The molecule has 1 aromatic heterocycles. The maximum atomic E-state index is 13.6. The van der Waals surface area contributed by atoms with Crippen LogP contribution in [-0.4, -0.2) is 31.7 Å². The molecule has 0 unspecified atom stereocenters. The fourth-order valence-corrected chi connectivity index (χ4v) is 2.28. The van der Waals surface area contributed by atoms with E-state index >= 15 is 0 Å². The normalized spacial score (nSPS) is 9.96. The van der Waals surface area contributed by atoms with Crippen LogP contribution in [0.15, 0.2) is 54.7 Å². The standard InChI is InChI=1S/C17H15F2N3.C2H2O4/c1-22-16(12-6-8-14(18)9-7-12)11-21-17(22)20-10-13-4-2-3-5-15(13)19;3-1(4)2(5)6/h2-9,11H,10H2,1H3,(H,20,21);(H,3,4)(H,5,6). The van der Waals surface area contributed by atoms with Crippen LogP contribution in [0.5, 0.6) is 0 Å². The molecule has 0 aliphatic rings. The van der Waals surface area contributed by atoms with E-state index in [1.165, 1.54) is 18.2 Å². The number of halogens is 2. The molecule has 3 aromatic rings. The third-order valence-electron chi connectivity index (χ3n) is 3.71. The van der Waals surface area contributed by atoms with Gasteiger partial charge in [-0.1, -0.05) is 18.2 Å². The Morgan fingerprint density at radius 2 is 1.64 bits per heavy atom. The molecule has 1 heterocycles. The van der Waals surface area contributed by atoms with Gasteiger partial charge >= 0.3 is 11.9 Å². The molecular formula is C19H17F2N3O4. The van der Waals surface area contributed by atoms with E-state index in [0.717, 1.165) is 11.3 Å². The van der Waals surface area contributed by atoms with Crippen LogP contribution in [0.4, 0.5) is 14.7 Å². The van der Waals surface area contributed by atoms with E-state index in [4.69, 9.17) is 19.8 Å². The number of carboxylic acids is 2. The van der Waals surface area contributed by atoms with E-state index in [1.807, 2.05) is 11.6 Å². The number of aromatic nitrogens is 2. The van der Waals surface area contributed by atoms with Gasteiger partial charge in [0.1, 0.15) is 11.6 Å². The van der Waals surface area contributed by atoms with Crippen molar-refractivity contribution in [2.45, 2.75) is 6.54 Å². The van der Waals surface area contributed by atoms with Crippen molar-refractivity contribution in [2.75, 3.05) is 5.32 Å². The van der Waals surface area contributed by atoms with E-state index < -0.39 is 11.9 Å². The molecule has 7 nitrogen and oxygen atoms in total. The molecule has 28 heavy (non-hydrogen) atoms. The second-order valence-electron chi connectivity index (χ2n) is 5.59. The summed E-state index contributed by atoms with van der Waals surface area (Å²) in [6, 6.07) is 12.8. The van der Waals surface area contributed by atoms with Crippen molar-refractivity contribution >= 4 is 17.9 Å². The van der Waals surface area contributed by atoms with Crippen molar-refractivity contribution in [3.8, 4) is 11.3 Å². The topological polar surface area (TPSA) is 104 Å².